The van der Waals surface area contributed by atoms with Crippen molar-refractivity contribution >= 4 is 21.6 Å². The van der Waals surface area contributed by atoms with Crippen LogP contribution in [0.15, 0.2) is 23.1 Å². The third kappa shape index (κ3) is 4.70. The number of nitrogens with zero attached hydrogens (tertiary/aromatic N) is 1. The molecule has 0 spiro atoms. The number of hydrogen-bond acceptors (Lipinski definition) is 2. The maximum atomic E-state index is 12.9. The molecule has 1 aromatic carbocycles. The number of benzene rings is 1. The predicted octanol–water partition coefficient (Wildman–Crippen LogP) is 4.32. The van der Waals surface area contributed by atoms with E-state index < -0.39 is 10.0 Å². The molecule has 1 aromatic rings. The Bertz CT molecular complexity index is 535. The third-order valence-corrected chi connectivity index (χ3v) is 6.01. The maximum Gasteiger partial charge on any atom is 0.243 e. The zero-order valence-corrected chi connectivity index (χ0v) is 14.8. The Balaban J connectivity index is 3.15. The Hall–Kier alpha value is -0.580. The summed E-state index contributed by atoms with van der Waals surface area (Å²) in [6, 6.07) is 5.34. The number of unbranched alkanes of at least 4 members (excludes halogenated alkanes) is 2. The van der Waals surface area contributed by atoms with Gasteiger partial charge in [-0.05, 0) is 37.0 Å². The van der Waals surface area contributed by atoms with Crippen LogP contribution in [0.3, 0.4) is 0 Å². The summed E-state index contributed by atoms with van der Waals surface area (Å²) in [5.74, 6) is 0.332. The fourth-order valence-electron chi connectivity index (χ4n) is 2.24. The molecule has 3 nitrogen and oxygen atoms in total. The highest BCUT2D eigenvalue weighted by Gasteiger charge is 2.25. The number of halogens is 1. The normalized spacial score (nSPS) is 12.0. The molecule has 21 heavy (non-hydrogen) atoms. The van der Waals surface area contributed by atoms with Crippen molar-refractivity contribution in [1.82, 2.24) is 4.31 Å². The van der Waals surface area contributed by atoms with Gasteiger partial charge in [0.15, 0.2) is 0 Å². The van der Waals surface area contributed by atoms with Gasteiger partial charge in [-0.1, -0.05) is 38.8 Å². The summed E-state index contributed by atoms with van der Waals surface area (Å²) >= 11 is 5.89. The van der Waals surface area contributed by atoms with Gasteiger partial charge in [0, 0.05) is 19.0 Å². The van der Waals surface area contributed by atoms with Gasteiger partial charge in [0.05, 0.1) is 4.90 Å². The summed E-state index contributed by atoms with van der Waals surface area (Å²) in [4.78, 5) is 0.396. The third-order valence-electron chi connectivity index (χ3n) is 3.68. The second-order valence-corrected chi connectivity index (χ2v) is 7.46. The van der Waals surface area contributed by atoms with Gasteiger partial charge in [-0.3, -0.25) is 0 Å². The molecular formula is C16H26ClNO2S. The molecule has 1 rings (SSSR count). The lowest BCUT2D eigenvalue weighted by Crippen LogP contribution is -2.33. The zero-order valence-electron chi connectivity index (χ0n) is 13.2. The zero-order chi connectivity index (χ0) is 15.9. The van der Waals surface area contributed by atoms with Crippen LogP contribution in [-0.4, -0.2) is 25.8 Å². The molecule has 0 saturated carbocycles. The first-order valence-electron chi connectivity index (χ1n) is 7.63. The van der Waals surface area contributed by atoms with Gasteiger partial charge in [-0.15, -0.1) is 11.6 Å². The molecule has 0 bridgehead atoms. The first-order valence-corrected chi connectivity index (χ1v) is 9.61. The van der Waals surface area contributed by atoms with E-state index in [1.165, 1.54) is 0 Å². The Kier molecular flexibility index (Phi) is 7.71. The Labute approximate surface area is 134 Å². The van der Waals surface area contributed by atoms with Gasteiger partial charge >= 0.3 is 0 Å². The number of alkyl halides is 1. The minimum Gasteiger partial charge on any atom is -0.207 e. The van der Waals surface area contributed by atoms with Crippen molar-refractivity contribution in [1.29, 1.82) is 0 Å². The van der Waals surface area contributed by atoms with Crippen LogP contribution in [0.25, 0.3) is 0 Å². The average Bonchev–Trinajstić information content (AvgIpc) is 2.47. The summed E-state index contributed by atoms with van der Waals surface area (Å²) in [6.07, 6.45) is 3.74. The van der Waals surface area contributed by atoms with E-state index in [1.54, 1.807) is 16.4 Å². The van der Waals surface area contributed by atoms with E-state index in [4.69, 9.17) is 11.6 Å². The molecule has 0 N–H and O–H groups in total. The van der Waals surface area contributed by atoms with Crippen molar-refractivity contribution in [3.05, 3.63) is 29.3 Å². The largest absolute Gasteiger partial charge is 0.243 e. The lowest BCUT2D eigenvalue weighted by atomic mass is 10.1. The van der Waals surface area contributed by atoms with Crippen LogP contribution in [0.5, 0.6) is 0 Å². The first kappa shape index (κ1) is 18.5. The molecule has 0 fully saturated rings. The van der Waals surface area contributed by atoms with E-state index in [0.717, 1.165) is 36.8 Å². The number of sulfonamides is 1. The van der Waals surface area contributed by atoms with Crippen LogP contribution < -0.4 is 0 Å². The molecule has 0 atom stereocenters. The van der Waals surface area contributed by atoms with Crippen molar-refractivity contribution in [2.45, 2.75) is 57.2 Å². The Morgan fingerprint density at radius 3 is 2.14 bits per heavy atom. The van der Waals surface area contributed by atoms with Gasteiger partial charge in [0.25, 0.3) is 0 Å². The highest BCUT2D eigenvalue weighted by atomic mass is 35.5. The average molecular weight is 332 g/mol. The molecule has 0 saturated heterocycles. The summed E-state index contributed by atoms with van der Waals surface area (Å²) in [6.45, 7) is 7.16. The monoisotopic (exact) mass is 331 g/mol. The molecule has 0 aliphatic carbocycles. The summed E-state index contributed by atoms with van der Waals surface area (Å²) < 4.78 is 27.5. The van der Waals surface area contributed by atoms with Crippen molar-refractivity contribution < 1.29 is 8.42 Å². The van der Waals surface area contributed by atoms with E-state index in [2.05, 4.69) is 13.8 Å². The van der Waals surface area contributed by atoms with Crippen LogP contribution in [0.2, 0.25) is 0 Å². The molecule has 0 amide bonds. The maximum absolute atomic E-state index is 12.9. The van der Waals surface area contributed by atoms with Crippen LogP contribution in [0.1, 0.15) is 50.7 Å². The first-order chi connectivity index (χ1) is 9.98. The van der Waals surface area contributed by atoms with Gasteiger partial charge in [-0.25, -0.2) is 8.42 Å². The Morgan fingerprint density at radius 1 is 1.10 bits per heavy atom. The quantitative estimate of drug-likeness (QED) is 0.632. The van der Waals surface area contributed by atoms with Crippen molar-refractivity contribution in [3.8, 4) is 0 Å². The van der Waals surface area contributed by atoms with E-state index in [1.807, 2.05) is 13.0 Å². The molecular weight excluding hydrogens is 306 g/mol. The lowest BCUT2D eigenvalue weighted by Gasteiger charge is -2.23. The van der Waals surface area contributed by atoms with Crippen LogP contribution in [0, 0.1) is 6.92 Å². The topological polar surface area (TPSA) is 37.4 Å². The van der Waals surface area contributed by atoms with Crippen molar-refractivity contribution in [2.24, 2.45) is 0 Å². The van der Waals surface area contributed by atoms with Crippen molar-refractivity contribution in [3.63, 3.8) is 0 Å². The standard InChI is InChI=1S/C16H26ClNO2S/c1-4-6-11-18(12-7-5-2)21(19,20)16-10-8-9-15(13-17)14(16)3/h8-10H,4-7,11-13H2,1-3H3. The fourth-order valence-corrected chi connectivity index (χ4v) is 4.32. The SMILES string of the molecule is CCCCN(CCCC)S(=O)(=O)c1cccc(CCl)c1C. The molecule has 0 aliphatic heterocycles. The Morgan fingerprint density at radius 2 is 1.67 bits per heavy atom. The van der Waals surface area contributed by atoms with Gasteiger partial charge < -0.3 is 0 Å². The van der Waals surface area contributed by atoms with Crippen molar-refractivity contribution in [2.75, 3.05) is 13.1 Å². The summed E-state index contributed by atoms with van der Waals surface area (Å²) in [5, 5.41) is 0. The van der Waals surface area contributed by atoms with Crippen LogP contribution in [0.4, 0.5) is 0 Å². The highest BCUT2D eigenvalue weighted by molar-refractivity contribution is 7.89. The summed E-state index contributed by atoms with van der Waals surface area (Å²) in [5.41, 5.74) is 1.65. The molecule has 120 valence electrons. The smallest absolute Gasteiger partial charge is 0.207 e. The molecule has 5 heteroatoms. The summed E-state index contributed by atoms with van der Waals surface area (Å²) in [7, 11) is -3.43. The second kappa shape index (κ2) is 8.76. The molecule has 0 heterocycles. The van der Waals surface area contributed by atoms with E-state index in [-0.39, 0.29) is 0 Å². The highest BCUT2D eigenvalue weighted by Crippen LogP contribution is 2.24. The molecule has 0 aliphatic rings. The molecule has 0 unspecified atom stereocenters. The predicted molar refractivity (Wildman–Crippen MR) is 89.3 cm³/mol. The van der Waals surface area contributed by atoms with Crippen LogP contribution in [-0.2, 0) is 15.9 Å². The number of hydrogen-bond donors (Lipinski definition) is 0. The van der Waals surface area contributed by atoms with E-state index in [9.17, 15) is 8.42 Å². The molecule has 0 aromatic heterocycles. The second-order valence-electron chi connectivity index (χ2n) is 5.29. The van der Waals surface area contributed by atoms with Gasteiger partial charge in [0.2, 0.25) is 10.0 Å². The van der Waals surface area contributed by atoms with Gasteiger partial charge in [-0.2, -0.15) is 4.31 Å². The van der Waals surface area contributed by atoms with Crippen LogP contribution >= 0.6 is 11.6 Å². The van der Waals surface area contributed by atoms with E-state index in [0.29, 0.717) is 23.9 Å². The number of rotatable bonds is 9. The van der Waals surface area contributed by atoms with Gasteiger partial charge in [0.1, 0.15) is 0 Å². The lowest BCUT2D eigenvalue weighted by molar-refractivity contribution is 0.395. The minimum atomic E-state index is -3.43. The van der Waals surface area contributed by atoms with E-state index >= 15 is 0 Å². The minimum absolute atomic E-state index is 0.332. The molecule has 0 radical (unpaired) electrons. The fraction of sp³-hybridized carbons (Fsp3) is 0.625.